The van der Waals surface area contributed by atoms with Crippen LogP contribution in [0.15, 0.2) is 36.4 Å². The molecule has 1 heterocycles. The van der Waals surface area contributed by atoms with E-state index < -0.39 is 5.97 Å². The zero-order valence-electron chi connectivity index (χ0n) is 12.4. The molecule has 0 atom stereocenters. The van der Waals surface area contributed by atoms with Crippen molar-refractivity contribution in [1.29, 1.82) is 0 Å². The minimum absolute atomic E-state index is 0.0576. The lowest BCUT2D eigenvalue weighted by atomic mass is 9.96. The highest BCUT2D eigenvalue weighted by molar-refractivity contribution is 6.10. The van der Waals surface area contributed by atoms with Gasteiger partial charge in [0.15, 0.2) is 17.3 Å². The van der Waals surface area contributed by atoms with Crippen molar-refractivity contribution in [2.75, 3.05) is 13.9 Å². The number of hydrogen-bond donors (Lipinski definition) is 1. The number of carbonyl (C=O) groups excluding carboxylic acids is 1. The van der Waals surface area contributed by atoms with Gasteiger partial charge in [0, 0.05) is 11.1 Å². The molecule has 6 heteroatoms. The second kappa shape index (κ2) is 6.00. The summed E-state index contributed by atoms with van der Waals surface area (Å²) in [5.74, 6) is 0.233. The average Bonchev–Trinajstić information content (AvgIpc) is 3.00. The molecule has 0 aliphatic carbocycles. The van der Waals surface area contributed by atoms with Crippen molar-refractivity contribution in [3.05, 3.63) is 53.1 Å². The summed E-state index contributed by atoms with van der Waals surface area (Å²) in [5.41, 5.74) is 1.13. The maximum absolute atomic E-state index is 12.7. The van der Waals surface area contributed by atoms with Crippen LogP contribution in [0, 0.1) is 0 Å². The zero-order valence-corrected chi connectivity index (χ0v) is 12.4. The number of benzene rings is 2. The molecule has 0 amide bonds. The number of carboxylic acids is 1. The lowest BCUT2D eigenvalue weighted by Crippen LogP contribution is -2.09. The van der Waals surface area contributed by atoms with Gasteiger partial charge in [0.2, 0.25) is 6.79 Å². The summed E-state index contributed by atoms with van der Waals surface area (Å²) in [7, 11) is 1.54. The Bertz CT molecular complexity index is 763. The van der Waals surface area contributed by atoms with E-state index in [4.69, 9.17) is 19.3 Å². The molecule has 2 aromatic rings. The first-order valence-corrected chi connectivity index (χ1v) is 6.91. The van der Waals surface area contributed by atoms with Crippen LogP contribution in [0.5, 0.6) is 17.2 Å². The van der Waals surface area contributed by atoms with Crippen molar-refractivity contribution in [2.24, 2.45) is 0 Å². The minimum atomic E-state index is -1.02. The van der Waals surface area contributed by atoms with Crippen LogP contribution in [-0.4, -0.2) is 30.8 Å². The Morgan fingerprint density at radius 3 is 2.39 bits per heavy atom. The summed E-state index contributed by atoms with van der Waals surface area (Å²) >= 11 is 0. The predicted molar refractivity (Wildman–Crippen MR) is 80.3 cm³/mol. The van der Waals surface area contributed by atoms with Gasteiger partial charge in [-0.05, 0) is 42.0 Å². The third-order valence-electron chi connectivity index (χ3n) is 3.54. The van der Waals surface area contributed by atoms with Gasteiger partial charge >= 0.3 is 5.97 Å². The first kappa shape index (κ1) is 14.9. The standard InChI is InChI=1S/C17H14O6/c1-21-12-4-2-10(3-5-12)17(20)13-8-15-14(22-9-23-15)6-11(13)7-16(18)19/h2-6,8H,7,9H2,1H3,(H,18,19). The van der Waals surface area contributed by atoms with E-state index in [-0.39, 0.29) is 19.0 Å². The second-order valence-corrected chi connectivity index (χ2v) is 4.99. The largest absolute Gasteiger partial charge is 0.497 e. The van der Waals surface area contributed by atoms with Gasteiger partial charge in [0.1, 0.15) is 5.75 Å². The first-order chi connectivity index (χ1) is 11.1. The van der Waals surface area contributed by atoms with Crippen LogP contribution in [0.25, 0.3) is 0 Å². The van der Waals surface area contributed by atoms with Gasteiger partial charge in [-0.25, -0.2) is 0 Å². The van der Waals surface area contributed by atoms with E-state index in [1.165, 1.54) is 6.07 Å². The van der Waals surface area contributed by atoms with E-state index in [0.29, 0.717) is 33.9 Å². The number of hydrogen-bond acceptors (Lipinski definition) is 5. The molecule has 118 valence electrons. The van der Waals surface area contributed by atoms with E-state index in [2.05, 4.69) is 0 Å². The molecule has 0 saturated carbocycles. The van der Waals surface area contributed by atoms with Gasteiger partial charge in [-0.2, -0.15) is 0 Å². The van der Waals surface area contributed by atoms with Crippen LogP contribution < -0.4 is 14.2 Å². The highest BCUT2D eigenvalue weighted by Crippen LogP contribution is 2.36. The molecule has 3 rings (SSSR count). The number of carboxylic acid groups (broad SMARTS) is 1. The molecule has 1 aliphatic rings. The fourth-order valence-electron chi connectivity index (χ4n) is 2.40. The fraction of sp³-hybridized carbons (Fsp3) is 0.176. The molecule has 0 fully saturated rings. The zero-order chi connectivity index (χ0) is 16.4. The molecule has 6 nitrogen and oxygen atoms in total. The molecule has 0 saturated heterocycles. The third kappa shape index (κ3) is 2.96. The molecule has 0 aromatic heterocycles. The molecule has 0 radical (unpaired) electrons. The van der Waals surface area contributed by atoms with E-state index >= 15 is 0 Å². The van der Waals surface area contributed by atoms with Gasteiger partial charge in [-0.3, -0.25) is 9.59 Å². The number of fused-ring (bicyclic) bond motifs is 1. The van der Waals surface area contributed by atoms with Crippen molar-refractivity contribution in [2.45, 2.75) is 6.42 Å². The molecule has 0 bridgehead atoms. The molecule has 1 N–H and O–H groups in total. The monoisotopic (exact) mass is 314 g/mol. The highest BCUT2D eigenvalue weighted by Gasteiger charge is 2.22. The Morgan fingerprint density at radius 2 is 1.78 bits per heavy atom. The highest BCUT2D eigenvalue weighted by atomic mass is 16.7. The summed E-state index contributed by atoms with van der Waals surface area (Å²) in [4.78, 5) is 23.8. The van der Waals surface area contributed by atoms with Crippen molar-refractivity contribution in [3.63, 3.8) is 0 Å². The summed E-state index contributed by atoms with van der Waals surface area (Å²) < 4.78 is 15.6. The molecule has 1 aliphatic heterocycles. The van der Waals surface area contributed by atoms with E-state index in [1.54, 1.807) is 37.4 Å². The third-order valence-corrected chi connectivity index (χ3v) is 3.54. The van der Waals surface area contributed by atoms with Gasteiger partial charge in [-0.15, -0.1) is 0 Å². The van der Waals surface area contributed by atoms with E-state index in [0.717, 1.165) is 0 Å². The normalized spacial score (nSPS) is 12.0. The van der Waals surface area contributed by atoms with Crippen LogP contribution in [0.4, 0.5) is 0 Å². The molecule has 23 heavy (non-hydrogen) atoms. The Kier molecular flexibility index (Phi) is 3.89. The molecule has 0 unspecified atom stereocenters. The summed E-state index contributed by atoms with van der Waals surface area (Å²) in [5, 5.41) is 9.06. The number of methoxy groups -OCH3 is 1. The first-order valence-electron chi connectivity index (χ1n) is 6.91. The molecule has 2 aromatic carbocycles. The SMILES string of the molecule is COc1ccc(C(=O)c2cc3c(cc2CC(=O)O)OCO3)cc1. The number of ether oxygens (including phenoxy) is 3. The van der Waals surface area contributed by atoms with Crippen molar-refractivity contribution in [3.8, 4) is 17.2 Å². The lowest BCUT2D eigenvalue weighted by molar-refractivity contribution is -0.136. The number of ketones is 1. The van der Waals surface area contributed by atoms with E-state index in [1.807, 2.05) is 0 Å². The number of carbonyl (C=O) groups is 2. The Hall–Kier alpha value is -3.02. The maximum atomic E-state index is 12.7. The summed E-state index contributed by atoms with van der Waals surface area (Å²) in [6.07, 6.45) is -0.270. The predicted octanol–water partition coefficient (Wildman–Crippen LogP) is 2.28. The Labute approximate surface area is 132 Å². The lowest BCUT2D eigenvalue weighted by Gasteiger charge is -2.09. The summed E-state index contributed by atoms with van der Waals surface area (Å²) in [6, 6.07) is 9.71. The maximum Gasteiger partial charge on any atom is 0.307 e. The minimum Gasteiger partial charge on any atom is -0.497 e. The van der Waals surface area contributed by atoms with E-state index in [9.17, 15) is 9.59 Å². The van der Waals surface area contributed by atoms with Crippen molar-refractivity contribution >= 4 is 11.8 Å². The molecular weight excluding hydrogens is 300 g/mol. The topological polar surface area (TPSA) is 82.1 Å². The number of aliphatic carboxylic acids is 1. The van der Waals surface area contributed by atoms with Crippen LogP contribution in [0.2, 0.25) is 0 Å². The molecular formula is C17H14O6. The summed E-state index contributed by atoms with van der Waals surface area (Å²) in [6.45, 7) is 0.0576. The van der Waals surface area contributed by atoms with Crippen LogP contribution in [0.1, 0.15) is 21.5 Å². The van der Waals surface area contributed by atoms with Crippen LogP contribution >= 0.6 is 0 Å². The Balaban J connectivity index is 2.02. The average molecular weight is 314 g/mol. The van der Waals surface area contributed by atoms with Crippen molar-refractivity contribution < 1.29 is 28.9 Å². The Morgan fingerprint density at radius 1 is 1.13 bits per heavy atom. The quantitative estimate of drug-likeness (QED) is 0.853. The van der Waals surface area contributed by atoms with Gasteiger partial charge in [0.05, 0.1) is 13.5 Å². The van der Waals surface area contributed by atoms with Gasteiger partial charge in [0.25, 0.3) is 0 Å². The van der Waals surface area contributed by atoms with Gasteiger partial charge in [-0.1, -0.05) is 0 Å². The van der Waals surface area contributed by atoms with Crippen LogP contribution in [0.3, 0.4) is 0 Å². The smallest absolute Gasteiger partial charge is 0.307 e. The van der Waals surface area contributed by atoms with Gasteiger partial charge < -0.3 is 19.3 Å². The fourth-order valence-corrected chi connectivity index (χ4v) is 2.40. The van der Waals surface area contributed by atoms with Crippen molar-refractivity contribution in [1.82, 2.24) is 0 Å². The second-order valence-electron chi connectivity index (χ2n) is 4.99. The van der Waals surface area contributed by atoms with Crippen LogP contribution in [-0.2, 0) is 11.2 Å². The number of rotatable bonds is 5. The molecule has 0 spiro atoms.